The number of nitrogens with zero attached hydrogens (tertiary/aromatic N) is 3. The lowest BCUT2D eigenvalue weighted by Gasteiger charge is -2.23. The zero-order chi connectivity index (χ0) is 18.0. The summed E-state index contributed by atoms with van der Waals surface area (Å²) in [7, 11) is 31.8. The molecule has 0 fully saturated rings. The lowest BCUT2D eigenvalue weighted by atomic mass is 8.58. The van der Waals surface area contributed by atoms with Crippen LogP contribution in [0.1, 0.15) is 11.7 Å². The molecule has 98 valence electrons. The molecule has 0 heterocycles. The molecule has 1 unspecified atom stereocenters. The fourth-order valence-electron chi connectivity index (χ4n) is 1.70. The number of aliphatic hydroxyl groups is 1. The van der Waals surface area contributed by atoms with E-state index in [4.69, 9.17) is 63.6 Å². The molecule has 0 spiro atoms. The van der Waals surface area contributed by atoms with E-state index in [2.05, 4.69) is 10.0 Å². The summed E-state index contributed by atoms with van der Waals surface area (Å²) in [4.78, 5) is 2.56. The molecule has 4 nitrogen and oxygen atoms in total. The number of halogens is 1. The van der Waals surface area contributed by atoms with Crippen LogP contribution < -0.4 is 0 Å². The number of aliphatic hydroxyl groups excluding tert-OH is 1. The SMILES string of the molecule is [B]B([B])B(B([B])[B])B([B])[B].[N-]=[N+]=NCC(O)c1cccc(Cl)c1. The smallest absolute Gasteiger partial charge is 0.0846 e. The van der Waals surface area contributed by atoms with Gasteiger partial charge in [0.25, 0.3) is 0 Å². The number of benzene rings is 1. The second kappa shape index (κ2) is 11.9. The highest BCUT2D eigenvalue weighted by Crippen LogP contribution is 2.17. The Morgan fingerprint density at radius 3 is 2.00 bits per heavy atom. The van der Waals surface area contributed by atoms with E-state index in [0.717, 1.165) is 0 Å². The van der Waals surface area contributed by atoms with Crippen molar-refractivity contribution in [3.63, 3.8) is 0 Å². The fourth-order valence-corrected chi connectivity index (χ4v) is 1.90. The largest absolute Gasteiger partial charge is 0.388 e. The molecule has 1 atom stereocenters. The molecule has 0 amide bonds. The number of rotatable bonds is 6. The van der Waals surface area contributed by atoms with E-state index in [0.29, 0.717) is 10.6 Å². The van der Waals surface area contributed by atoms with Crippen LogP contribution in [0.4, 0.5) is 0 Å². The monoisotopic (exact) mass is 307 g/mol. The van der Waals surface area contributed by atoms with Crippen molar-refractivity contribution in [2.75, 3.05) is 6.54 Å². The van der Waals surface area contributed by atoms with Crippen LogP contribution >= 0.6 is 11.6 Å². The molecular weight excluding hydrogens is 298 g/mol. The van der Waals surface area contributed by atoms with Gasteiger partial charge in [0, 0.05) is 81.9 Å². The molecule has 0 aliphatic rings. The van der Waals surface area contributed by atoms with Crippen molar-refractivity contribution in [3.05, 3.63) is 45.3 Å². The Morgan fingerprint density at radius 2 is 1.65 bits per heavy atom. The lowest BCUT2D eigenvalue weighted by molar-refractivity contribution is 0.187. The highest BCUT2D eigenvalue weighted by molar-refractivity contribution is 8.00. The van der Waals surface area contributed by atoms with Crippen LogP contribution in [0.5, 0.6) is 0 Å². The van der Waals surface area contributed by atoms with Crippen molar-refractivity contribution in [1.29, 1.82) is 0 Å². The summed E-state index contributed by atoms with van der Waals surface area (Å²) in [6, 6.07) is 6.81. The van der Waals surface area contributed by atoms with Gasteiger partial charge < -0.3 is 5.11 Å². The summed E-state index contributed by atoms with van der Waals surface area (Å²) in [5.74, 6) is 0. The van der Waals surface area contributed by atoms with Gasteiger partial charge in [0.1, 0.15) is 0 Å². The molecule has 1 N–H and O–H groups in total. The molecule has 1 rings (SSSR count). The van der Waals surface area contributed by atoms with Crippen molar-refractivity contribution < 1.29 is 5.11 Å². The van der Waals surface area contributed by atoms with E-state index < -0.39 is 31.6 Å². The van der Waals surface area contributed by atoms with Crippen LogP contribution in [0.2, 0.25) is 5.02 Å². The fraction of sp³-hybridized carbons (Fsp3) is 0.250. The molecule has 0 aromatic heterocycles. The predicted molar refractivity (Wildman–Crippen MR) is 108 cm³/mol. The minimum atomic E-state index is -0.783. The highest BCUT2D eigenvalue weighted by atomic mass is 35.5. The van der Waals surface area contributed by atoms with Gasteiger partial charge >= 0.3 is 0 Å². The first-order valence-corrected chi connectivity index (χ1v) is 7.06. The minimum Gasteiger partial charge on any atom is -0.388 e. The zero-order valence-electron chi connectivity index (χ0n) is 12.5. The van der Waals surface area contributed by atoms with E-state index in [9.17, 15) is 5.11 Å². The van der Waals surface area contributed by atoms with Gasteiger partial charge in [-0.1, -0.05) is 28.8 Å². The standard InChI is InChI=1S/C8H8ClN3O.B10/c9-7-3-1-2-6(4-7)8(13)5-11-12-10;1-7(2)10(8(3)4)9(5)6/h1-4,8,13H,5H2;. The summed E-state index contributed by atoms with van der Waals surface area (Å²) < 4.78 is 0. The summed E-state index contributed by atoms with van der Waals surface area (Å²) in [5, 5.41) is 13.3. The van der Waals surface area contributed by atoms with Gasteiger partial charge in [-0.25, -0.2) is 0 Å². The van der Waals surface area contributed by atoms with E-state index in [1.54, 1.807) is 24.3 Å². The predicted octanol–water partition coefficient (Wildman–Crippen LogP) is -1.12. The third-order valence-corrected chi connectivity index (χ3v) is 3.12. The topological polar surface area (TPSA) is 69.0 Å². The van der Waals surface area contributed by atoms with Gasteiger partial charge in [-0.2, -0.15) is 0 Å². The van der Waals surface area contributed by atoms with Gasteiger partial charge in [-0.05, 0) is 23.2 Å². The third kappa shape index (κ3) is 9.34. The molecule has 0 aliphatic carbocycles. The van der Waals surface area contributed by atoms with Gasteiger partial charge in [-0.15, -0.1) is 0 Å². The molecule has 1 aromatic rings. The van der Waals surface area contributed by atoms with Crippen molar-refractivity contribution in [2.45, 2.75) is 6.10 Å². The molecule has 12 radical (unpaired) electrons. The number of hydrogen-bond acceptors (Lipinski definition) is 2. The molecule has 0 aliphatic heterocycles. The summed E-state index contributed by atoms with van der Waals surface area (Å²) in [5.41, 5.74) is 8.69. The van der Waals surface area contributed by atoms with Gasteiger partial charge in [0.2, 0.25) is 0 Å². The first-order valence-electron chi connectivity index (χ1n) is 6.68. The molecule has 0 saturated heterocycles. The van der Waals surface area contributed by atoms with Crippen molar-refractivity contribution in [1.82, 2.24) is 0 Å². The maximum atomic E-state index is 9.45. The Bertz CT molecular complexity index is 496. The first-order chi connectivity index (χ1) is 10.7. The molecular formula is C8H8B10ClN3O. The second-order valence-corrected chi connectivity index (χ2v) is 5.23. The zero-order valence-corrected chi connectivity index (χ0v) is 13.3. The second-order valence-electron chi connectivity index (χ2n) is 4.79. The van der Waals surface area contributed by atoms with Crippen LogP contribution in [0.15, 0.2) is 29.4 Å². The Labute approximate surface area is 151 Å². The number of hydrogen-bond donors (Lipinski definition) is 1. The van der Waals surface area contributed by atoms with Crippen molar-refractivity contribution >= 4 is 83.6 Å². The molecule has 23 heavy (non-hydrogen) atoms. The first kappa shape index (κ1) is 22.4. The maximum Gasteiger partial charge on any atom is 0.0846 e. The van der Waals surface area contributed by atoms with Crippen LogP contribution in [-0.2, 0) is 0 Å². The van der Waals surface area contributed by atoms with Gasteiger partial charge in [-0.3, -0.25) is 0 Å². The molecule has 0 bridgehead atoms. The summed E-state index contributed by atoms with van der Waals surface area (Å²) >= 11 is 5.71. The Kier molecular flexibility index (Phi) is 11.6. The van der Waals surface area contributed by atoms with Crippen molar-refractivity contribution in [3.8, 4) is 0 Å². The Morgan fingerprint density at radius 1 is 1.13 bits per heavy atom. The van der Waals surface area contributed by atoms with E-state index in [1.165, 1.54) is 0 Å². The normalized spacial score (nSPS) is 10.3. The van der Waals surface area contributed by atoms with Gasteiger partial charge in [0.15, 0.2) is 0 Å². The average molecular weight is 306 g/mol. The van der Waals surface area contributed by atoms with Gasteiger partial charge in [0.05, 0.1) is 12.6 Å². The summed E-state index contributed by atoms with van der Waals surface area (Å²) in [6.45, 7) is 0.0246. The van der Waals surface area contributed by atoms with Crippen LogP contribution in [0.3, 0.4) is 0 Å². The Balaban J connectivity index is 0.000000438. The minimum absolute atomic E-state index is 0.0246. The molecule has 1 aromatic carbocycles. The van der Waals surface area contributed by atoms with Crippen LogP contribution in [0, 0.1) is 0 Å². The lowest BCUT2D eigenvalue weighted by Crippen LogP contribution is -2.62. The molecule has 15 heteroatoms. The van der Waals surface area contributed by atoms with Crippen LogP contribution in [0.25, 0.3) is 10.4 Å². The summed E-state index contributed by atoms with van der Waals surface area (Å²) in [6.07, 6.45) is -3.23. The Hall–Kier alpha value is -0.571. The van der Waals surface area contributed by atoms with E-state index in [1.807, 2.05) is 0 Å². The highest BCUT2D eigenvalue weighted by Gasteiger charge is 2.24. The van der Waals surface area contributed by atoms with Crippen LogP contribution in [-0.4, -0.2) is 83.6 Å². The molecule has 0 saturated carbocycles. The van der Waals surface area contributed by atoms with Crippen molar-refractivity contribution in [2.24, 2.45) is 5.11 Å². The van der Waals surface area contributed by atoms with E-state index in [-0.39, 0.29) is 6.54 Å². The quantitative estimate of drug-likeness (QED) is 0.307. The third-order valence-electron chi connectivity index (χ3n) is 2.88. The number of azide groups is 1. The van der Waals surface area contributed by atoms with E-state index >= 15 is 0 Å². The maximum absolute atomic E-state index is 9.45. The average Bonchev–Trinajstić information content (AvgIpc) is 2.44.